The Morgan fingerprint density at radius 1 is 0.645 bits per heavy atom. The Kier molecular flexibility index (Phi) is 20.5. The van der Waals surface area contributed by atoms with Gasteiger partial charge in [0.15, 0.2) is 6.10 Å². The van der Waals surface area contributed by atoms with Gasteiger partial charge >= 0.3 is 11.9 Å². The minimum atomic E-state index is -2.63. The first-order chi connectivity index (χ1) is 29.1. The van der Waals surface area contributed by atoms with Crippen molar-refractivity contribution >= 4 is 47.4 Å². The molecule has 0 saturated carbocycles. The zero-order chi connectivity index (χ0) is 46.8. The Morgan fingerprint density at radius 3 is 1.68 bits per heavy atom. The number of carboxylic acids is 2. The molecule has 6 amide bonds. The van der Waals surface area contributed by atoms with Crippen molar-refractivity contribution in [2.45, 2.75) is 95.7 Å². The Morgan fingerprint density at radius 2 is 1.15 bits per heavy atom. The maximum absolute atomic E-state index is 13.8. The largest absolute Gasteiger partial charge is 0.508 e. The molecule has 0 spiro atoms. The number of aliphatic hydroxyl groups is 2. The van der Waals surface area contributed by atoms with Gasteiger partial charge in [-0.15, -0.1) is 0 Å². The molecule has 0 fully saturated rings. The summed E-state index contributed by atoms with van der Waals surface area (Å²) in [5.74, 6) is -10.4. The molecule has 342 valence electrons. The first-order valence-electron chi connectivity index (χ1n) is 19.5. The number of aliphatic hydroxyl groups excluding tert-OH is 2. The molecule has 0 radical (unpaired) electrons. The average molecular weight is 876 g/mol. The molecule has 0 bridgehead atoms. The van der Waals surface area contributed by atoms with E-state index in [-0.39, 0.29) is 60.3 Å². The lowest BCUT2D eigenvalue weighted by Crippen LogP contribution is -2.63. The molecule has 22 heteroatoms. The van der Waals surface area contributed by atoms with Crippen molar-refractivity contribution in [1.82, 2.24) is 31.9 Å². The third-order valence-corrected chi connectivity index (χ3v) is 9.11. The van der Waals surface area contributed by atoms with Crippen molar-refractivity contribution in [2.75, 3.05) is 20.3 Å². The average Bonchev–Trinajstić information content (AvgIpc) is 3.20. The number of benzene rings is 2. The maximum atomic E-state index is 13.8. The highest BCUT2D eigenvalue weighted by atomic mass is 16.5. The highest BCUT2D eigenvalue weighted by Gasteiger charge is 2.38. The van der Waals surface area contributed by atoms with E-state index >= 15 is 0 Å². The van der Waals surface area contributed by atoms with E-state index in [9.17, 15) is 63.9 Å². The fourth-order valence-electron chi connectivity index (χ4n) is 5.96. The minimum absolute atomic E-state index is 0.00114. The first kappa shape index (κ1) is 51.6. The van der Waals surface area contributed by atoms with Crippen LogP contribution in [0.3, 0.4) is 0 Å². The number of amides is 6. The number of aliphatic carboxylic acids is 2. The van der Waals surface area contributed by atoms with Crippen molar-refractivity contribution in [3.8, 4) is 17.2 Å². The van der Waals surface area contributed by atoms with E-state index < -0.39 is 103 Å². The minimum Gasteiger partial charge on any atom is -0.508 e. The molecule has 2 rings (SSSR count). The lowest BCUT2D eigenvalue weighted by molar-refractivity contribution is -0.152. The van der Waals surface area contributed by atoms with E-state index in [4.69, 9.17) is 15.6 Å². The number of nitrogens with one attached hydrogen (secondary N) is 6. The molecule has 0 aliphatic heterocycles. The van der Waals surface area contributed by atoms with Crippen LogP contribution in [0, 0.1) is 11.8 Å². The number of phenols is 2. The summed E-state index contributed by atoms with van der Waals surface area (Å²) in [5, 5.41) is 72.6. The number of methoxy groups -OCH3 is 1. The molecule has 7 atom stereocenters. The van der Waals surface area contributed by atoms with Gasteiger partial charge in [-0.1, -0.05) is 45.9 Å². The van der Waals surface area contributed by atoms with Crippen LogP contribution < -0.4 is 42.4 Å². The fraction of sp³-hybridized carbons (Fsp3) is 0.500. The standard InChI is InChI=1S/C40H57N7O15/c1-19(2)12-26(35(55)42-17-31(51)52)44-36(56)28(15-22-8-11-24(50)16-30(22)62-5)45-38(58)29(18-48)46-39(59)32(33(53)40(60)61)47-37(57)27(13-20(3)4)43-34(54)25(41)14-21-6-9-23(49)10-7-21/h6-11,16,19-20,25-29,32-33,48-50,53H,12-15,17-18,41H2,1-5H3,(H,42,55)(H,43,54)(H,44,56)(H,45,58)(H,46,59)(H,47,57)(H,51,52)(H,60,61)/t25-,26+,27+,28-,29+,32+,33-/m1/s1. The van der Waals surface area contributed by atoms with Crippen LogP contribution in [0.1, 0.15) is 51.7 Å². The summed E-state index contributed by atoms with van der Waals surface area (Å²) in [4.78, 5) is 104. The topological polar surface area (TPSA) is 365 Å². The van der Waals surface area contributed by atoms with Crippen molar-refractivity contribution in [3.63, 3.8) is 0 Å². The number of rotatable bonds is 25. The number of phenolic OH excluding ortho intramolecular Hbond substituents is 2. The molecule has 0 aromatic heterocycles. The lowest BCUT2D eigenvalue weighted by atomic mass is 10.00. The Balaban J connectivity index is 2.38. The fourth-order valence-corrected chi connectivity index (χ4v) is 5.96. The van der Waals surface area contributed by atoms with Crippen LogP contribution in [0.2, 0.25) is 0 Å². The van der Waals surface area contributed by atoms with Crippen molar-refractivity contribution in [3.05, 3.63) is 53.6 Å². The highest BCUT2D eigenvalue weighted by Crippen LogP contribution is 2.25. The Bertz CT molecular complexity index is 1890. The van der Waals surface area contributed by atoms with E-state index in [2.05, 4.69) is 31.9 Å². The third kappa shape index (κ3) is 16.9. The maximum Gasteiger partial charge on any atom is 0.335 e. The number of hydrogen-bond donors (Lipinski definition) is 13. The van der Waals surface area contributed by atoms with Gasteiger partial charge in [-0.05, 0) is 60.4 Å². The monoisotopic (exact) mass is 875 g/mol. The normalized spacial score (nSPS) is 14.5. The van der Waals surface area contributed by atoms with Gasteiger partial charge in [0, 0.05) is 12.5 Å². The van der Waals surface area contributed by atoms with Crippen LogP contribution in [0.4, 0.5) is 0 Å². The molecule has 2 aromatic rings. The summed E-state index contributed by atoms with van der Waals surface area (Å²) < 4.78 is 5.29. The molecule has 2 aromatic carbocycles. The zero-order valence-electron chi connectivity index (χ0n) is 34.9. The summed E-state index contributed by atoms with van der Waals surface area (Å²) >= 11 is 0. The molecule has 0 saturated heterocycles. The van der Waals surface area contributed by atoms with Crippen molar-refractivity contribution in [2.24, 2.45) is 17.6 Å². The molecular formula is C40H57N7O15. The summed E-state index contributed by atoms with van der Waals surface area (Å²) in [6.45, 7) is 4.94. The number of ether oxygens (including phenoxy) is 1. The summed E-state index contributed by atoms with van der Waals surface area (Å²) in [6, 6.07) is -0.0866. The van der Waals surface area contributed by atoms with Gasteiger partial charge in [0.1, 0.15) is 54.0 Å². The van der Waals surface area contributed by atoms with Crippen LogP contribution in [0.15, 0.2) is 42.5 Å². The van der Waals surface area contributed by atoms with Crippen LogP contribution in [0.5, 0.6) is 17.2 Å². The summed E-state index contributed by atoms with van der Waals surface area (Å²) in [5.41, 5.74) is 6.91. The predicted octanol–water partition coefficient (Wildman–Crippen LogP) is -2.63. The van der Waals surface area contributed by atoms with Gasteiger partial charge in [0.2, 0.25) is 35.4 Å². The smallest absolute Gasteiger partial charge is 0.335 e. The van der Waals surface area contributed by atoms with Crippen LogP contribution in [0.25, 0.3) is 0 Å². The molecule has 22 nitrogen and oxygen atoms in total. The second-order valence-electron chi connectivity index (χ2n) is 15.2. The van der Waals surface area contributed by atoms with Crippen molar-refractivity contribution in [1.29, 1.82) is 0 Å². The number of aromatic hydroxyl groups is 2. The molecule has 62 heavy (non-hydrogen) atoms. The second-order valence-corrected chi connectivity index (χ2v) is 15.2. The predicted molar refractivity (Wildman–Crippen MR) is 218 cm³/mol. The summed E-state index contributed by atoms with van der Waals surface area (Å²) in [6.07, 6.45) is -3.02. The van der Waals surface area contributed by atoms with E-state index in [1.54, 1.807) is 27.7 Å². The van der Waals surface area contributed by atoms with Gasteiger partial charge in [-0.2, -0.15) is 0 Å². The quantitative estimate of drug-likeness (QED) is 0.0485. The van der Waals surface area contributed by atoms with Gasteiger partial charge in [-0.25, -0.2) is 4.79 Å². The van der Waals surface area contributed by atoms with Crippen LogP contribution in [-0.2, 0) is 51.2 Å². The number of hydrogen-bond acceptors (Lipinski definition) is 14. The molecule has 0 aliphatic rings. The third-order valence-electron chi connectivity index (χ3n) is 9.11. The first-order valence-corrected chi connectivity index (χ1v) is 19.5. The van der Waals surface area contributed by atoms with E-state index in [1.165, 1.54) is 49.6 Å². The van der Waals surface area contributed by atoms with Gasteiger partial charge < -0.3 is 73.0 Å². The molecule has 14 N–H and O–H groups in total. The number of nitrogens with two attached hydrogens (primary N) is 1. The van der Waals surface area contributed by atoms with Gasteiger partial charge in [0.25, 0.3) is 0 Å². The number of carbonyl (C=O) groups excluding carboxylic acids is 6. The van der Waals surface area contributed by atoms with E-state index in [0.29, 0.717) is 5.56 Å². The molecule has 0 aliphatic carbocycles. The van der Waals surface area contributed by atoms with Gasteiger partial charge in [-0.3, -0.25) is 33.6 Å². The van der Waals surface area contributed by atoms with Crippen LogP contribution in [-0.4, -0.2) is 141 Å². The highest BCUT2D eigenvalue weighted by molar-refractivity contribution is 5.98. The molecule has 0 heterocycles. The number of carbonyl (C=O) groups is 8. The van der Waals surface area contributed by atoms with Crippen LogP contribution >= 0.6 is 0 Å². The summed E-state index contributed by atoms with van der Waals surface area (Å²) in [7, 11) is 1.27. The SMILES string of the molecule is COc1cc(O)ccc1C[C@@H](NC(=O)[C@H](CO)NC(=O)[C@@H](NC(=O)[C@H](CC(C)C)NC(=O)[C@H](N)Cc1ccc(O)cc1)[C@@H](O)C(=O)O)C(=O)N[C@@H](CC(C)C)C(=O)NCC(=O)O. The lowest BCUT2D eigenvalue weighted by Gasteiger charge is -2.28. The van der Waals surface area contributed by atoms with Crippen molar-refractivity contribution < 1.29 is 73.7 Å². The Hall–Kier alpha value is -6.52. The zero-order valence-corrected chi connectivity index (χ0v) is 34.9. The van der Waals surface area contributed by atoms with E-state index in [0.717, 1.165) is 0 Å². The molecule has 0 unspecified atom stereocenters. The molecular weight excluding hydrogens is 818 g/mol. The second kappa shape index (κ2) is 24.7. The van der Waals surface area contributed by atoms with Gasteiger partial charge in [0.05, 0.1) is 19.8 Å². The van der Waals surface area contributed by atoms with E-state index in [1.807, 2.05) is 0 Å². The Labute approximate surface area is 357 Å². The number of carboxylic acid groups (broad SMARTS) is 2.